The van der Waals surface area contributed by atoms with Crippen LogP contribution >= 0.6 is 11.8 Å². The van der Waals surface area contributed by atoms with Crippen LogP contribution in [0.15, 0.2) is 4.99 Å². The molecule has 4 atom stereocenters. The predicted molar refractivity (Wildman–Crippen MR) is 138 cm³/mol. The molecule has 0 bridgehead atoms. The second-order valence-electron chi connectivity index (χ2n) is 8.53. The van der Waals surface area contributed by atoms with Crippen LogP contribution in [0.25, 0.3) is 0 Å². The maximum atomic E-state index is 13.1. The highest BCUT2D eigenvalue weighted by atomic mass is 32.2. The topological polar surface area (TPSA) is 258 Å². The van der Waals surface area contributed by atoms with Crippen molar-refractivity contribution in [2.45, 2.75) is 70.1 Å². The van der Waals surface area contributed by atoms with Crippen LogP contribution in [0.4, 0.5) is 0 Å². The van der Waals surface area contributed by atoms with Gasteiger partial charge in [-0.15, -0.1) is 0 Å². The molecule has 4 amide bonds. The molecule has 0 aromatic heterocycles. The molecule has 0 radical (unpaired) electrons. The lowest BCUT2D eigenvalue weighted by molar-refractivity contribution is -0.142. The second kappa shape index (κ2) is 17.4. The van der Waals surface area contributed by atoms with Gasteiger partial charge in [0.25, 0.3) is 0 Å². The van der Waals surface area contributed by atoms with Crippen molar-refractivity contribution in [3.63, 3.8) is 0 Å². The summed E-state index contributed by atoms with van der Waals surface area (Å²) in [6.07, 6.45) is 2.01. The van der Waals surface area contributed by atoms with Crippen molar-refractivity contribution in [3.8, 4) is 0 Å². The Morgan fingerprint density at radius 2 is 1.39 bits per heavy atom. The molecule has 15 heteroatoms. The first-order valence-electron chi connectivity index (χ1n) is 11.5. The summed E-state index contributed by atoms with van der Waals surface area (Å²) in [5.41, 5.74) is 21.6. The summed E-state index contributed by atoms with van der Waals surface area (Å²) in [5, 5.41) is 16.9. The van der Waals surface area contributed by atoms with E-state index in [4.69, 9.17) is 22.9 Å². The van der Waals surface area contributed by atoms with Gasteiger partial charge in [0.2, 0.25) is 23.6 Å². The third kappa shape index (κ3) is 13.7. The number of carbonyl (C=O) groups excluding carboxylic acids is 4. The lowest BCUT2D eigenvalue weighted by atomic mass is 10.0. The highest BCUT2D eigenvalue weighted by molar-refractivity contribution is 7.98. The lowest BCUT2D eigenvalue weighted by Crippen LogP contribution is -2.57. The number of nitrogens with two attached hydrogens (primary N) is 4. The van der Waals surface area contributed by atoms with Gasteiger partial charge in [-0.25, -0.2) is 4.79 Å². The van der Waals surface area contributed by atoms with Crippen LogP contribution < -0.4 is 38.9 Å². The fraction of sp³-hybridized carbons (Fsp3) is 0.714. The molecule has 0 fully saturated rings. The predicted octanol–water partition coefficient (Wildman–Crippen LogP) is -2.42. The number of nitrogens with zero attached hydrogens (tertiary/aromatic N) is 1. The van der Waals surface area contributed by atoms with E-state index in [9.17, 15) is 29.1 Å². The van der Waals surface area contributed by atoms with Crippen molar-refractivity contribution in [1.29, 1.82) is 0 Å². The van der Waals surface area contributed by atoms with Crippen LogP contribution in [-0.2, 0) is 24.0 Å². The highest BCUT2D eigenvalue weighted by Crippen LogP contribution is 2.07. The third-order valence-electron chi connectivity index (χ3n) is 5.14. The van der Waals surface area contributed by atoms with Crippen LogP contribution in [0.2, 0.25) is 0 Å². The van der Waals surface area contributed by atoms with E-state index in [1.807, 2.05) is 6.26 Å². The van der Waals surface area contributed by atoms with E-state index >= 15 is 0 Å². The van der Waals surface area contributed by atoms with E-state index in [1.54, 1.807) is 13.8 Å². The number of rotatable bonds is 18. The molecule has 0 rings (SSSR count). The number of carboxylic acid groups (broad SMARTS) is 1. The monoisotopic (exact) mass is 532 g/mol. The number of aliphatic imine (C=N–C) groups is 1. The largest absolute Gasteiger partial charge is 0.480 e. The molecule has 0 heterocycles. The van der Waals surface area contributed by atoms with Crippen LogP contribution in [-0.4, -0.2) is 83.4 Å². The van der Waals surface area contributed by atoms with Crippen molar-refractivity contribution in [3.05, 3.63) is 0 Å². The molecule has 36 heavy (non-hydrogen) atoms. The average molecular weight is 533 g/mol. The number of carbonyl (C=O) groups is 5. The van der Waals surface area contributed by atoms with Gasteiger partial charge in [-0.05, 0) is 43.6 Å². The van der Waals surface area contributed by atoms with Gasteiger partial charge in [-0.2, -0.15) is 11.8 Å². The van der Waals surface area contributed by atoms with Crippen molar-refractivity contribution < 1.29 is 29.1 Å². The number of thioether (sulfide) groups is 1. The minimum Gasteiger partial charge on any atom is -0.480 e. The van der Waals surface area contributed by atoms with Gasteiger partial charge in [-0.1, -0.05) is 13.8 Å². The zero-order valence-corrected chi connectivity index (χ0v) is 21.8. The van der Waals surface area contributed by atoms with Gasteiger partial charge >= 0.3 is 5.97 Å². The van der Waals surface area contributed by atoms with Gasteiger partial charge in [-0.3, -0.25) is 24.2 Å². The first kappa shape index (κ1) is 32.9. The Kier molecular flexibility index (Phi) is 15.9. The molecule has 4 unspecified atom stereocenters. The van der Waals surface area contributed by atoms with Gasteiger partial charge in [0.1, 0.15) is 18.1 Å². The number of carboxylic acids is 1. The molecule has 0 aliphatic carbocycles. The number of hydrogen-bond donors (Lipinski definition) is 8. The molecule has 0 saturated heterocycles. The van der Waals surface area contributed by atoms with E-state index in [0.29, 0.717) is 5.75 Å². The number of nitrogens with one attached hydrogen (secondary N) is 3. The normalized spacial score (nSPS) is 14.1. The summed E-state index contributed by atoms with van der Waals surface area (Å²) in [6, 6.07) is -4.34. The summed E-state index contributed by atoms with van der Waals surface area (Å²) in [5.74, 6) is -3.73. The molecule has 14 nitrogen and oxygen atoms in total. The zero-order chi connectivity index (χ0) is 27.8. The fourth-order valence-electron chi connectivity index (χ4n) is 2.94. The number of aliphatic carboxylic acids is 1. The minimum absolute atomic E-state index is 0.0746. The Morgan fingerprint density at radius 1 is 0.861 bits per heavy atom. The van der Waals surface area contributed by atoms with Gasteiger partial charge in [0.15, 0.2) is 5.96 Å². The van der Waals surface area contributed by atoms with Crippen molar-refractivity contribution in [2.75, 3.05) is 18.6 Å². The summed E-state index contributed by atoms with van der Waals surface area (Å²) < 4.78 is 0. The van der Waals surface area contributed by atoms with E-state index in [2.05, 4.69) is 20.9 Å². The number of guanidine groups is 1. The van der Waals surface area contributed by atoms with E-state index < -0.39 is 53.8 Å². The molecule has 0 saturated carbocycles. The van der Waals surface area contributed by atoms with Crippen LogP contribution in [0.5, 0.6) is 0 Å². The Morgan fingerprint density at radius 3 is 1.86 bits per heavy atom. The van der Waals surface area contributed by atoms with E-state index in [-0.39, 0.29) is 50.5 Å². The molecule has 0 spiro atoms. The van der Waals surface area contributed by atoms with E-state index in [0.717, 1.165) is 0 Å². The summed E-state index contributed by atoms with van der Waals surface area (Å²) in [6.45, 7) is 3.71. The smallest absolute Gasteiger partial charge is 0.326 e. The average Bonchev–Trinajstić information content (AvgIpc) is 2.79. The lowest BCUT2D eigenvalue weighted by Gasteiger charge is -2.25. The summed E-state index contributed by atoms with van der Waals surface area (Å²) in [7, 11) is 0. The third-order valence-corrected chi connectivity index (χ3v) is 5.78. The fourth-order valence-corrected chi connectivity index (χ4v) is 3.41. The Balaban J connectivity index is 5.62. The number of amides is 4. The summed E-state index contributed by atoms with van der Waals surface area (Å²) >= 11 is 1.47. The minimum atomic E-state index is -1.39. The SMILES string of the molecule is CSCCC(NC(=O)C(N)C(C)C)C(=O)NC(CCCN=C(N)N)C(=O)NC(CCC(N)=O)C(=O)O. The Hall–Kier alpha value is -3.07. The first-order chi connectivity index (χ1) is 16.8. The molecule has 0 aliphatic rings. The standard InChI is InChI=1S/C21H40N8O6S/c1-11(2)16(23)19(33)28-13(8-10-36-3)18(32)27-12(5-4-9-26-21(24)25)17(31)29-14(20(34)35)6-7-15(22)30/h11-14,16H,4-10,23H2,1-3H3,(H2,22,30)(H,27,32)(H,28,33)(H,29,31)(H,34,35)(H4,24,25,26). The molecular weight excluding hydrogens is 492 g/mol. The Bertz CT molecular complexity index is 790. The zero-order valence-electron chi connectivity index (χ0n) is 21.0. The van der Waals surface area contributed by atoms with Crippen LogP contribution in [0, 0.1) is 5.92 Å². The highest BCUT2D eigenvalue weighted by Gasteiger charge is 2.30. The van der Waals surface area contributed by atoms with Gasteiger partial charge < -0.3 is 44.0 Å². The second-order valence-corrected chi connectivity index (χ2v) is 9.51. The molecular formula is C21H40N8O6S. The molecule has 12 N–H and O–H groups in total. The van der Waals surface area contributed by atoms with Crippen molar-refractivity contribution >= 4 is 47.3 Å². The van der Waals surface area contributed by atoms with Gasteiger partial charge in [0.05, 0.1) is 6.04 Å². The molecule has 0 aromatic carbocycles. The van der Waals surface area contributed by atoms with E-state index in [1.165, 1.54) is 11.8 Å². The van der Waals surface area contributed by atoms with Crippen molar-refractivity contribution in [2.24, 2.45) is 33.8 Å². The van der Waals surface area contributed by atoms with Crippen LogP contribution in [0.3, 0.4) is 0 Å². The molecule has 206 valence electrons. The number of primary amides is 1. The maximum absolute atomic E-state index is 13.1. The van der Waals surface area contributed by atoms with Crippen LogP contribution in [0.1, 0.15) is 46.0 Å². The number of hydrogen-bond acceptors (Lipinski definition) is 8. The van der Waals surface area contributed by atoms with Gasteiger partial charge in [0, 0.05) is 13.0 Å². The quantitative estimate of drug-likeness (QED) is 0.0526. The molecule has 0 aromatic rings. The van der Waals surface area contributed by atoms with Crippen molar-refractivity contribution in [1.82, 2.24) is 16.0 Å². The first-order valence-corrected chi connectivity index (χ1v) is 12.9. The summed E-state index contributed by atoms with van der Waals surface area (Å²) in [4.78, 5) is 64.9. The maximum Gasteiger partial charge on any atom is 0.326 e. The Labute approximate surface area is 215 Å². The molecule has 0 aliphatic heterocycles.